The van der Waals surface area contributed by atoms with Gasteiger partial charge in [0.15, 0.2) is 0 Å². The molecule has 0 spiro atoms. The first kappa shape index (κ1) is 15.7. The Morgan fingerprint density at radius 1 is 1.32 bits per heavy atom. The van der Waals surface area contributed by atoms with Crippen molar-refractivity contribution in [2.75, 3.05) is 34.3 Å². The van der Waals surface area contributed by atoms with Crippen molar-refractivity contribution in [3.63, 3.8) is 0 Å². The lowest BCUT2D eigenvalue weighted by molar-refractivity contribution is -0.143. The summed E-state index contributed by atoms with van der Waals surface area (Å²) < 4.78 is 4.84. The summed E-state index contributed by atoms with van der Waals surface area (Å²) in [6.45, 7) is 1.68. The highest BCUT2D eigenvalue weighted by atomic mass is 16.5. The molecule has 19 heavy (non-hydrogen) atoms. The summed E-state index contributed by atoms with van der Waals surface area (Å²) in [5, 5.41) is 3.26. The molecule has 0 saturated carbocycles. The zero-order valence-electron chi connectivity index (χ0n) is 12.1. The molecule has 1 aromatic carbocycles. The molecular weight excluding hydrogens is 240 g/mol. The molecule has 0 radical (unpaired) electrons. The lowest BCUT2D eigenvalue weighted by Gasteiger charge is -2.18. The zero-order chi connectivity index (χ0) is 14.1. The molecule has 1 atom stereocenters. The number of ether oxygens (including phenoxy) is 1. The second kappa shape index (κ2) is 8.67. The largest absolute Gasteiger partial charge is 0.468 e. The van der Waals surface area contributed by atoms with Crippen LogP contribution >= 0.6 is 0 Å². The lowest BCUT2D eigenvalue weighted by Crippen LogP contribution is -2.41. The Kier molecular flexibility index (Phi) is 7.15. The molecule has 1 N–H and O–H groups in total. The minimum absolute atomic E-state index is 0.185. The standard InChI is InChI=1S/C15H24N2O2/c1-17(2)12-11-16-14(15(18)19-3)10-9-13-7-5-4-6-8-13/h4-8,14,16H,9-12H2,1-3H3. The van der Waals surface area contributed by atoms with Gasteiger partial charge in [0.1, 0.15) is 6.04 Å². The van der Waals surface area contributed by atoms with Crippen LogP contribution in [-0.4, -0.2) is 51.2 Å². The van der Waals surface area contributed by atoms with E-state index in [4.69, 9.17) is 4.74 Å². The van der Waals surface area contributed by atoms with Gasteiger partial charge in [-0.25, -0.2) is 0 Å². The van der Waals surface area contributed by atoms with E-state index >= 15 is 0 Å². The van der Waals surface area contributed by atoms with Gasteiger partial charge < -0.3 is 15.0 Å². The normalized spacial score (nSPS) is 12.4. The molecule has 0 saturated heterocycles. The second-order valence-corrected chi connectivity index (χ2v) is 4.86. The van der Waals surface area contributed by atoms with Crippen LogP contribution in [0.3, 0.4) is 0 Å². The summed E-state index contributed by atoms with van der Waals surface area (Å²) in [5.74, 6) is -0.185. The lowest BCUT2D eigenvalue weighted by atomic mass is 10.1. The second-order valence-electron chi connectivity index (χ2n) is 4.86. The molecule has 0 bridgehead atoms. The number of methoxy groups -OCH3 is 1. The highest BCUT2D eigenvalue weighted by Gasteiger charge is 2.17. The Hall–Kier alpha value is -1.39. The van der Waals surface area contributed by atoms with E-state index in [1.807, 2.05) is 32.3 Å². The van der Waals surface area contributed by atoms with Crippen molar-refractivity contribution in [2.24, 2.45) is 0 Å². The fourth-order valence-electron chi connectivity index (χ4n) is 1.86. The maximum Gasteiger partial charge on any atom is 0.322 e. The molecule has 0 amide bonds. The van der Waals surface area contributed by atoms with E-state index in [1.54, 1.807) is 0 Å². The molecular formula is C15H24N2O2. The van der Waals surface area contributed by atoms with Crippen LogP contribution < -0.4 is 5.32 Å². The Morgan fingerprint density at radius 2 is 2.00 bits per heavy atom. The number of carbonyl (C=O) groups is 1. The van der Waals surface area contributed by atoms with Crippen molar-refractivity contribution in [1.82, 2.24) is 10.2 Å². The van der Waals surface area contributed by atoms with Crippen molar-refractivity contribution < 1.29 is 9.53 Å². The van der Waals surface area contributed by atoms with Gasteiger partial charge in [-0.15, -0.1) is 0 Å². The average molecular weight is 264 g/mol. The van der Waals surface area contributed by atoms with E-state index in [1.165, 1.54) is 12.7 Å². The first-order chi connectivity index (χ1) is 9.13. The molecule has 1 aromatic rings. The molecule has 4 nitrogen and oxygen atoms in total. The van der Waals surface area contributed by atoms with Crippen molar-refractivity contribution in [3.05, 3.63) is 35.9 Å². The van der Waals surface area contributed by atoms with E-state index in [0.29, 0.717) is 0 Å². The molecule has 0 aromatic heterocycles. The number of hydrogen-bond acceptors (Lipinski definition) is 4. The van der Waals surface area contributed by atoms with Crippen molar-refractivity contribution in [1.29, 1.82) is 0 Å². The molecule has 0 aliphatic carbocycles. The number of nitrogens with zero attached hydrogens (tertiary/aromatic N) is 1. The maximum atomic E-state index is 11.7. The average Bonchev–Trinajstić information content (AvgIpc) is 2.42. The quantitative estimate of drug-likeness (QED) is 0.719. The van der Waals surface area contributed by atoms with Crippen LogP contribution in [0.2, 0.25) is 0 Å². The van der Waals surface area contributed by atoms with E-state index in [2.05, 4.69) is 22.3 Å². The van der Waals surface area contributed by atoms with E-state index in [0.717, 1.165) is 25.9 Å². The molecule has 106 valence electrons. The molecule has 1 unspecified atom stereocenters. The predicted molar refractivity (Wildman–Crippen MR) is 77.1 cm³/mol. The highest BCUT2D eigenvalue weighted by Crippen LogP contribution is 2.06. The third-order valence-corrected chi connectivity index (χ3v) is 3.00. The van der Waals surface area contributed by atoms with E-state index < -0.39 is 0 Å². The van der Waals surface area contributed by atoms with Gasteiger partial charge in [-0.2, -0.15) is 0 Å². The Morgan fingerprint density at radius 3 is 2.58 bits per heavy atom. The van der Waals surface area contributed by atoms with Crippen LogP contribution in [-0.2, 0) is 16.0 Å². The van der Waals surface area contributed by atoms with E-state index in [9.17, 15) is 4.79 Å². The Bertz CT molecular complexity index is 366. The van der Waals surface area contributed by atoms with E-state index in [-0.39, 0.29) is 12.0 Å². The molecule has 0 aliphatic heterocycles. The summed E-state index contributed by atoms with van der Waals surface area (Å²) in [4.78, 5) is 13.8. The predicted octanol–water partition coefficient (Wildman–Crippen LogP) is 1.31. The van der Waals surface area contributed by atoms with Crippen molar-refractivity contribution >= 4 is 5.97 Å². The van der Waals surface area contributed by atoms with Gasteiger partial charge in [0.05, 0.1) is 7.11 Å². The van der Waals surface area contributed by atoms with Crippen molar-refractivity contribution in [2.45, 2.75) is 18.9 Å². The fraction of sp³-hybridized carbons (Fsp3) is 0.533. The number of carbonyl (C=O) groups excluding carboxylic acids is 1. The topological polar surface area (TPSA) is 41.6 Å². The number of esters is 1. The van der Waals surface area contributed by atoms with Gasteiger partial charge in [0, 0.05) is 13.1 Å². The monoisotopic (exact) mass is 264 g/mol. The fourth-order valence-corrected chi connectivity index (χ4v) is 1.86. The molecule has 0 fully saturated rings. The maximum absolute atomic E-state index is 11.7. The van der Waals surface area contributed by atoms with Crippen LogP contribution in [0.1, 0.15) is 12.0 Å². The van der Waals surface area contributed by atoms with Crippen LogP contribution in [0.5, 0.6) is 0 Å². The van der Waals surface area contributed by atoms with Gasteiger partial charge in [-0.1, -0.05) is 30.3 Å². The van der Waals surface area contributed by atoms with Gasteiger partial charge in [-0.3, -0.25) is 4.79 Å². The summed E-state index contributed by atoms with van der Waals surface area (Å²) in [7, 11) is 5.46. The van der Waals surface area contributed by atoms with Gasteiger partial charge in [0.2, 0.25) is 0 Å². The van der Waals surface area contributed by atoms with Crippen molar-refractivity contribution in [3.8, 4) is 0 Å². The molecule has 0 aliphatic rings. The SMILES string of the molecule is COC(=O)C(CCc1ccccc1)NCCN(C)C. The number of aryl methyl sites for hydroxylation is 1. The highest BCUT2D eigenvalue weighted by molar-refractivity contribution is 5.75. The van der Waals surface area contributed by atoms with Crippen LogP contribution in [0.25, 0.3) is 0 Å². The molecule has 1 rings (SSSR count). The van der Waals surface area contributed by atoms with Gasteiger partial charge in [0.25, 0.3) is 0 Å². The summed E-state index contributed by atoms with van der Waals surface area (Å²) in [6, 6.07) is 9.95. The molecule has 0 heterocycles. The van der Waals surface area contributed by atoms with Crippen LogP contribution in [0.4, 0.5) is 0 Å². The smallest absolute Gasteiger partial charge is 0.322 e. The Labute approximate surface area is 115 Å². The summed E-state index contributed by atoms with van der Waals surface area (Å²) >= 11 is 0. The van der Waals surface area contributed by atoms with Crippen LogP contribution in [0, 0.1) is 0 Å². The zero-order valence-corrected chi connectivity index (χ0v) is 12.1. The minimum Gasteiger partial charge on any atom is -0.468 e. The van der Waals surface area contributed by atoms with Crippen LogP contribution in [0.15, 0.2) is 30.3 Å². The number of nitrogens with one attached hydrogen (secondary N) is 1. The number of benzene rings is 1. The first-order valence-corrected chi connectivity index (χ1v) is 6.63. The van der Waals surface area contributed by atoms with Gasteiger partial charge >= 0.3 is 5.97 Å². The molecule has 4 heteroatoms. The number of rotatable bonds is 8. The van der Waals surface area contributed by atoms with Gasteiger partial charge in [-0.05, 0) is 32.5 Å². The summed E-state index contributed by atoms with van der Waals surface area (Å²) in [6.07, 6.45) is 1.62. The third kappa shape index (κ3) is 6.36. The number of likely N-dealkylation sites (N-methyl/N-ethyl adjacent to an activating group) is 1. The minimum atomic E-state index is -0.231. The first-order valence-electron chi connectivity index (χ1n) is 6.63. The Balaban J connectivity index is 2.43. The third-order valence-electron chi connectivity index (χ3n) is 3.00. The summed E-state index contributed by atoms with van der Waals surface area (Å²) in [5.41, 5.74) is 1.24. The number of hydrogen-bond donors (Lipinski definition) is 1.